The molecule has 2 aromatic carbocycles. The molecule has 1 amide bonds. The predicted molar refractivity (Wildman–Crippen MR) is 86.6 cm³/mol. The van der Waals surface area contributed by atoms with Gasteiger partial charge in [-0.2, -0.15) is 0 Å². The normalized spacial score (nSPS) is 15.3. The minimum Gasteiger partial charge on any atom is -0.378 e. The van der Waals surface area contributed by atoms with Crippen LogP contribution in [0.15, 0.2) is 36.4 Å². The zero-order valence-corrected chi connectivity index (χ0v) is 13.1. The summed E-state index contributed by atoms with van der Waals surface area (Å²) in [7, 11) is 1.75. The average molecular weight is 316 g/mol. The average Bonchev–Trinajstić information content (AvgIpc) is 2.51. The number of nitrogens with one attached hydrogen (secondary N) is 1. The monoisotopic (exact) mass is 316 g/mol. The van der Waals surface area contributed by atoms with E-state index >= 15 is 0 Å². The highest BCUT2D eigenvalue weighted by molar-refractivity contribution is 5.96. The van der Waals surface area contributed by atoms with Crippen molar-refractivity contribution in [1.82, 2.24) is 0 Å². The van der Waals surface area contributed by atoms with Crippen molar-refractivity contribution in [2.75, 3.05) is 17.3 Å². The van der Waals surface area contributed by atoms with Crippen LogP contribution in [0.4, 0.5) is 20.2 Å². The molecule has 1 N–H and O–H groups in total. The smallest absolute Gasteiger partial charge is 0.227 e. The molecule has 1 aliphatic heterocycles. The molecule has 0 spiro atoms. The molecule has 0 aliphatic carbocycles. The molecular formula is C18H18F2N2O. The van der Waals surface area contributed by atoms with Crippen LogP contribution in [-0.2, 0) is 11.2 Å². The highest BCUT2D eigenvalue weighted by Crippen LogP contribution is 2.31. The summed E-state index contributed by atoms with van der Waals surface area (Å²) in [5, 5.41) is 3.13. The maximum atomic E-state index is 13.8. The Morgan fingerprint density at radius 1 is 1.13 bits per heavy atom. The van der Waals surface area contributed by atoms with Crippen molar-refractivity contribution in [1.29, 1.82) is 0 Å². The van der Waals surface area contributed by atoms with Crippen molar-refractivity contribution in [2.45, 2.75) is 25.8 Å². The second kappa shape index (κ2) is 5.99. The minimum absolute atomic E-state index is 0.0255. The number of benzene rings is 2. The maximum Gasteiger partial charge on any atom is 0.227 e. The summed E-state index contributed by atoms with van der Waals surface area (Å²) in [6.45, 7) is 1.72. The molecule has 1 heterocycles. The number of halogens is 2. The van der Waals surface area contributed by atoms with E-state index < -0.39 is 17.7 Å². The summed E-state index contributed by atoms with van der Waals surface area (Å²) in [6, 6.07) is 8.98. The number of nitrogens with zero attached hydrogens (tertiary/aromatic N) is 1. The van der Waals surface area contributed by atoms with Gasteiger partial charge in [0.2, 0.25) is 5.91 Å². The number of rotatable bonds is 3. The van der Waals surface area contributed by atoms with Crippen molar-refractivity contribution in [2.24, 2.45) is 0 Å². The van der Waals surface area contributed by atoms with E-state index in [0.29, 0.717) is 12.8 Å². The van der Waals surface area contributed by atoms with E-state index in [1.54, 1.807) is 18.9 Å². The van der Waals surface area contributed by atoms with E-state index in [1.165, 1.54) is 18.2 Å². The van der Waals surface area contributed by atoms with Crippen LogP contribution >= 0.6 is 0 Å². The van der Waals surface area contributed by atoms with E-state index in [9.17, 15) is 13.6 Å². The third-order valence-corrected chi connectivity index (χ3v) is 4.24. The second-order valence-corrected chi connectivity index (χ2v) is 5.80. The van der Waals surface area contributed by atoms with Gasteiger partial charge in [0.1, 0.15) is 11.6 Å². The first kappa shape index (κ1) is 15.5. The molecule has 0 saturated carbocycles. The van der Waals surface area contributed by atoms with E-state index in [2.05, 4.69) is 5.32 Å². The Labute approximate surface area is 133 Å². The number of carbonyl (C=O) groups excluding carboxylic acids is 1. The van der Waals surface area contributed by atoms with Crippen LogP contribution in [-0.4, -0.2) is 13.0 Å². The molecule has 1 atom stereocenters. The summed E-state index contributed by atoms with van der Waals surface area (Å²) < 4.78 is 27.7. The standard InChI is InChI=1S/C18H18F2N2O/c1-11(18-14(19)4-3-5-15(18)20)21-13-7-8-16-12(10-13)6-9-17(23)22(16)2/h3-5,7-8,10-11,21H,6,9H2,1-2H3. The van der Waals surface area contributed by atoms with Gasteiger partial charge in [0.25, 0.3) is 0 Å². The van der Waals surface area contributed by atoms with Gasteiger partial charge in [0.15, 0.2) is 0 Å². The molecule has 2 aromatic rings. The Hall–Kier alpha value is -2.43. The molecule has 0 saturated heterocycles. The van der Waals surface area contributed by atoms with Crippen LogP contribution in [0, 0.1) is 11.6 Å². The fourth-order valence-corrected chi connectivity index (χ4v) is 2.99. The molecule has 0 radical (unpaired) electrons. The van der Waals surface area contributed by atoms with Crippen molar-refractivity contribution < 1.29 is 13.6 Å². The summed E-state index contributed by atoms with van der Waals surface area (Å²) in [4.78, 5) is 13.3. The van der Waals surface area contributed by atoms with Crippen LogP contribution in [0.1, 0.15) is 30.5 Å². The molecule has 23 heavy (non-hydrogen) atoms. The molecule has 120 valence electrons. The van der Waals surface area contributed by atoms with E-state index in [1.807, 2.05) is 18.2 Å². The molecular weight excluding hydrogens is 298 g/mol. The van der Waals surface area contributed by atoms with Crippen LogP contribution in [0.3, 0.4) is 0 Å². The zero-order chi connectivity index (χ0) is 16.6. The van der Waals surface area contributed by atoms with Crippen molar-refractivity contribution in [3.05, 3.63) is 59.2 Å². The Kier molecular flexibility index (Phi) is 4.03. The van der Waals surface area contributed by atoms with Crippen molar-refractivity contribution in [3.63, 3.8) is 0 Å². The highest BCUT2D eigenvalue weighted by atomic mass is 19.1. The minimum atomic E-state index is -0.562. The van der Waals surface area contributed by atoms with Gasteiger partial charge in [-0.15, -0.1) is 0 Å². The molecule has 0 aromatic heterocycles. The fourth-order valence-electron chi connectivity index (χ4n) is 2.99. The lowest BCUT2D eigenvalue weighted by molar-refractivity contribution is -0.118. The number of aryl methyl sites for hydroxylation is 1. The number of amides is 1. The van der Waals surface area contributed by atoms with Crippen LogP contribution in [0.5, 0.6) is 0 Å². The van der Waals surface area contributed by atoms with Crippen molar-refractivity contribution in [3.8, 4) is 0 Å². The van der Waals surface area contributed by atoms with Gasteiger partial charge < -0.3 is 10.2 Å². The lowest BCUT2D eigenvalue weighted by atomic mass is 10.0. The number of hydrogen-bond donors (Lipinski definition) is 1. The van der Waals surface area contributed by atoms with Gasteiger partial charge in [-0.05, 0) is 49.2 Å². The van der Waals surface area contributed by atoms with Crippen LogP contribution < -0.4 is 10.2 Å². The number of carbonyl (C=O) groups is 1. The Bertz CT molecular complexity index is 740. The first-order valence-corrected chi connectivity index (χ1v) is 7.57. The molecule has 3 rings (SSSR count). The largest absolute Gasteiger partial charge is 0.378 e. The highest BCUT2D eigenvalue weighted by Gasteiger charge is 2.21. The second-order valence-electron chi connectivity index (χ2n) is 5.80. The molecule has 3 nitrogen and oxygen atoms in total. The lowest BCUT2D eigenvalue weighted by Crippen LogP contribution is -2.31. The fraction of sp³-hybridized carbons (Fsp3) is 0.278. The van der Waals surface area contributed by atoms with Gasteiger partial charge in [0, 0.05) is 30.4 Å². The summed E-state index contributed by atoms with van der Waals surface area (Å²) in [5.41, 5.74) is 2.74. The summed E-state index contributed by atoms with van der Waals surface area (Å²) >= 11 is 0. The van der Waals surface area contributed by atoms with Gasteiger partial charge in [0.05, 0.1) is 6.04 Å². The van der Waals surface area contributed by atoms with Crippen LogP contribution in [0.2, 0.25) is 0 Å². The van der Waals surface area contributed by atoms with E-state index in [-0.39, 0.29) is 11.5 Å². The SMILES string of the molecule is CC(Nc1ccc2c(c1)CCC(=O)N2C)c1c(F)cccc1F. The Balaban J connectivity index is 1.85. The van der Waals surface area contributed by atoms with Crippen molar-refractivity contribution >= 4 is 17.3 Å². The topological polar surface area (TPSA) is 32.3 Å². The van der Waals surface area contributed by atoms with E-state index in [0.717, 1.165) is 16.9 Å². The number of hydrogen-bond acceptors (Lipinski definition) is 2. The van der Waals surface area contributed by atoms with Gasteiger partial charge >= 0.3 is 0 Å². The first-order valence-electron chi connectivity index (χ1n) is 7.57. The summed E-state index contributed by atoms with van der Waals surface area (Å²) in [5.74, 6) is -1.03. The molecule has 0 bridgehead atoms. The number of fused-ring (bicyclic) bond motifs is 1. The summed E-state index contributed by atoms with van der Waals surface area (Å²) in [6.07, 6.45) is 1.15. The van der Waals surface area contributed by atoms with Gasteiger partial charge in [-0.1, -0.05) is 6.07 Å². The van der Waals surface area contributed by atoms with Gasteiger partial charge in [-0.25, -0.2) is 8.78 Å². The predicted octanol–water partition coefficient (Wildman–Crippen LogP) is 4.05. The molecule has 5 heteroatoms. The third kappa shape index (κ3) is 2.91. The lowest BCUT2D eigenvalue weighted by Gasteiger charge is -2.27. The number of anilines is 2. The molecule has 0 fully saturated rings. The first-order chi connectivity index (χ1) is 11.0. The van der Waals surface area contributed by atoms with E-state index in [4.69, 9.17) is 0 Å². The Morgan fingerprint density at radius 2 is 1.83 bits per heavy atom. The van der Waals surface area contributed by atoms with Crippen LogP contribution in [0.25, 0.3) is 0 Å². The third-order valence-electron chi connectivity index (χ3n) is 4.24. The van der Waals surface area contributed by atoms with Gasteiger partial charge in [-0.3, -0.25) is 4.79 Å². The maximum absolute atomic E-state index is 13.8. The Morgan fingerprint density at radius 3 is 2.52 bits per heavy atom. The molecule has 1 unspecified atom stereocenters. The molecule has 1 aliphatic rings. The quantitative estimate of drug-likeness (QED) is 0.926. The zero-order valence-electron chi connectivity index (χ0n) is 13.1.